The summed E-state index contributed by atoms with van der Waals surface area (Å²) >= 11 is 1.67. The van der Waals surface area contributed by atoms with Gasteiger partial charge in [0, 0.05) is 17.0 Å². The van der Waals surface area contributed by atoms with E-state index in [2.05, 4.69) is 0 Å². The molecule has 0 unspecified atom stereocenters. The fourth-order valence-electron chi connectivity index (χ4n) is 1.11. The molecule has 1 rings (SSSR count). The molecule has 0 heterocycles. The number of hydrogen-bond acceptors (Lipinski definition) is 3. The molecule has 0 atom stereocenters. The normalized spacial score (nSPS) is 9.92. The minimum absolute atomic E-state index is 0.525. The van der Waals surface area contributed by atoms with Crippen molar-refractivity contribution < 1.29 is 4.74 Å². The number of benzene rings is 1. The van der Waals surface area contributed by atoms with Crippen LogP contribution in [0.25, 0.3) is 0 Å². The highest BCUT2D eigenvalue weighted by atomic mass is 32.2. The Kier molecular flexibility index (Phi) is 3.44. The van der Waals surface area contributed by atoms with Crippen LogP contribution in [-0.4, -0.2) is 13.4 Å². The summed E-state index contributed by atoms with van der Waals surface area (Å²) < 4.78 is 5.26. The largest absolute Gasteiger partial charge is 0.495 e. The SMILES string of the molecule is COc1c(CN)cccc1SC. The van der Waals surface area contributed by atoms with Gasteiger partial charge in [-0.1, -0.05) is 12.1 Å². The van der Waals surface area contributed by atoms with Gasteiger partial charge in [-0.15, -0.1) is 11.8 Å². The first kappa shape index (κ1) is 9.42. The highest BCUT2D eigenvalue weighted by Crippen LogP contribution is 2.30. The molecular weight excluding hydrogens is 170 g/mol. The van der Waals surface area contributed by atoms with Crippen LogP contribution >= 0.6 is 11.8 Å². The smallest absolute Gasteiger partial charge is 0.136 e. The minimum atomic E-state index is 0.525. The maximum Gasteiger partial charge on any atom is 0.136 e. The first-order chi connectivity index (χ1) is 5.83. The lowest BCUT2D eigenvalue weighted by molar-refractivity contribution is 0.400. The Morgan fingerprint density at radius 2 is 2.25 bits per heavy atom. The molecule has 0 aliphatic carbocycles. The van der Waals surface area contributed by atoms with Gasteiger partial charge in [-0.25, -0.2) is 0 Å². The fourth-order valence-corrected chi connectivity index (χ4v) is 1.73. The molecule has 0 amide bonds. The third-order valence-electron chi connectivity index (χ3n) is 1.70. The van der Waals surface area contributed by atoms with Crippen LogP contribution in [0.1, 0.15) is 5.56 Å². The van der Waals surface area contributed by atoms with Crippen molar-refractivity contribution in [3.05, 3.63) is 23.8 Å². The van der Waals surface area contributed by atoms with Gasteiger partial charge in [0.25, 0.3) is 0 Å². The minimum Gasteiger partial charge on any atom is -0.495 e. The maximum atomic E-state index is 5.56. The molecule has 0 saturated carbocycles. The van der Waals surface area contributed by atoms with Crippen LogP contribution in [0.3, 0.4) is 0 Å². The Hall–Kier alpha value is -0.670. The third-order valence-corrected chi connectivity index (χ3v) is 2.47. The Labute approximate surface area is 77.1 Å². The number of hydrogen-bond donors (Lipinski definition) is 1. The average molecular weight is 183 g/mol. The lowest BCUT2D eigenvalue weighted by Gasteiger charge is -2.09. The molecule has 0 fully saturated rings. The Morgan fingerprint density at radius 3 is 2.75 bits per heavy atom. The number of para-hydroxylation sites is 1. The summed E-state index contributed by atoms with van der Waals surface area (Å²) in [4.78, 5) is 1.14. The van der Waals surface area contributed by atoms with Crippen LogP contribution in [0.4, 0.5) is 0 Å². The van der Waals surface area contributed by atoms with Gasteiger partial charge < -0.3 is 10.5 Å². The van der Waals surface area contributed by atoms with E-state index in [-0.39, 0.29) is 0 Å². The number of thioether (sulfide) groups is 1. The molecule has 0 bridgehead atoms. The zero-order valence-electron chi connectivity index (χ0n) is 7.33. The predicted octanol–water partition coefficient (Wildman–Crippen LogP) is 1.88. The number of nitrogens with two attached hydrogens (primary N) is 1. The molecule has 1 aromatic rings. The molecule has 12 heavy (non-hydrogen) atoms. The third kappa shape index (κ3) is 1.73. The monoisotopic (exact) mass is 183 g/mol. The first-order valence-corrected chi connectivity index (χ1v) is 4.96. The van der Waals surface area contributed by atoms with E-state index in [1.165, 1.54) is 0 Å². The summed E-state index contributed by atoms with van der Waals surface area (Å²) in [5, 5.41) is 0. The van der Waals surface area contributed by atoms with Crippen molar-refractivity contribution in [2.24, 2.45) is 5.73 Å². The van der Waals surface area contributed by atoms with E-state index in [9.17, 15) is 0 Å². The predicted molar refractivity (Wildman–Crippen MR) is 52.7 cm³/mol. The first-order valence-electron chi connectivity index (χ1n) is 3.73. The number of ether oxygens (including phenoxy) is 1. The molecule has 66 valence electrons. The van der Waals surface area contributed by atoms with Crippen LogP contribution in [0.5, 0.6) is 5.75 Å². The van der Waals surface area contributed by atoms with Gasteiger partial charge in [0.1, 0.15) is 5.75 Å². The Bertz CT molecular complexity index is 240. The van der Waals surface area contributed by atoms with Crippen molar-refractivity contribution in [1.29, 1.82) is 0 Å². The molecule has 0 radical (unpaired) electrons. The van der Waals surface area contributed by atoms with E-state index in [1.807, 2.05) is 24.5 Å². The highest BCUT2D eigenvalue weighted by molar-refractivity contribution is 7.98. The zero-order chi connectivity index (χ0) is 8.97. The number of rotatable bonds is 3. The standard InChI is InChI=1S/C9H13NOS/c1-11-9-7(6-10)4-3-5-8(9)12-2/h3-5H,6,10H2,1-2H3. The Morgan fingerprint density at radius 1 is 1.50 bits per heavy atom. The summed E-state index contributed by atoms with van der Waals surface area (Å²) in [7, 11) is 1.67. The van der Waals surface area contributed by atoms with E-state index in [1.54, 1.807) is 18.9 Å². The Balaban J connectivity index is 3.13. The maximum absolute atomic E-state index is 5.56. The lowest BCUT2D eigenvalue weighted by Crippen LogP contribution is -2.00. The van der Waals surface area contributed by atoms with Gasteiger partial charge in [0.15, 0.2) is 0 Å². The van der Waals surface area contributed by atoms with Crippen LogP contribution in [0.15, 0.2) is 23.1 Å². The summed E-state index contributed by atoms with van der Waals surface area (Å²) in [5.74, 6) is 0.910. The molecule has 3 heteroatoms. The summed E-state index contributed by atoms with van der Waals surface area (Å²) in [6.07, 6.45) is 2.03. The highest BCUT2D eigenvalue weighted by Gasteiger charge is 2.05. The molecule has 0 saturated heterocycles. The molecule has 0 spiro atoms. The molecule has 0 aliphatic rings. The van der Waals surface area contributed by atoms with E-state index in [0.29, 0.717) is 6.54 Å². The van der Waals surface area contributed by atoms with Crippen molar-refractivity contribution in [1.82, 2.24) is 0 Å². The van der Waals surface area contributed by atoms with E-state index in [4.69, 9.17) is 10.5 Å². The molecule has 1 aromatic carbocycles. The van der Waals surface area contributed by atoms with Crippen molar-refractivity contribution in [2.75, 3.05) is 13.4 Å². The van der Waals surface area contributed by atoms with Gasteiger partial charge >= 0.3 is 0 Å². The zero-order valence-corrected chi connectivity index (χ0v) is 8.15. The average Bonchev–Trinajstić information content (AvgIpc) is 2.16. The molecule has 0 aliphatic heterocycles. The molecule has 0 aromatic heterocycles. The van der Waals surface area contributed by atoms with Crippen molar-refractivity contribution in [3.63, 3.8) is 0 Å². The molecule has 2 N–H and O–H groups in total. The van der Waals surface area contributed by atoms with Gasteiger partial charge in [-0.05, 0) is 12.3 Å². The second kappa shape index (κ2) is 4.38. The van der Waals surface area contributed by atoms with Gasteiger partial charge in [-0.2, -0.15) is 0 Å². The van der Waals surface area contributed by atoms with Crippen molar-refractivity contribution in [3.8, 4) is 5.75 Å². The number of methoxy groups -OCH3 is 1. The van der Waals surface area contributed by atoms with Gasteiger partial charge in [-0.3, -0.25) is 0 Å². The fraction of sp³-hybridized carbons (Fsp3) is 0.333. The summed E-state index contributed by atoms with van der Waals surface area (Å²) in [6.45, 7) is 0.525. The summed E-state index contributed by atoms with van der Waals surface area (Å²) in [5.41, 5.74) is 6.62. The quantitative estimate of drug-likeness (QED) is 0.727. The lowest BCUT2D eigenvalue weighted by atomic mass is 10.2. The molecule has 2 nitrogen and oxygen atoms in total. The van der Waals surface area contributed by atoms with E-state index < -0.39 is 0 Å². The van der Waals surface area contributed by atoms with Crippen LogP contribution < -0.4 is 10.5 Å². The van der Waals surface area contributed by atoms with E-state index >= 15 is 0 Å². The summed E-state index contributed by atoms with van der Waals surface area (Å²) in [6, 6.07) is 6.01. The second-order valence-electron chi connectivity index (χ2n) is 2.36. The van der Waals surface area contributed by atoms with Crippen LogP contribution in [-0.2, 0) is 6.54 Å². The second-order valence-corrected chi connectivity index (χ2v) is 3.20. The van der Waals surface area contributed by atoms with Gasteiger partial charge in [0.05, 0.1) is 7.11 Å². The van der Waals surface area contributed by atoms with Gasteiger partial charge in [0.2, 0.25) is 0 Å². The van der Waals surface area contributed by atoms with Crippen LogP contribution in [0, 0.1) is 0 Å². The van der Waals surface area contributed by atoms with E-state index in [0.717, 1.165) is 16.2 Å². The van der Waals surface area contributed by atoms with Crippen LogP contribution in [0.2, 0.25) is 0 Å². The molecular formula is C9H13NOS. The van der Waals surface area contributed by atoms with Crippen molar-refractivity contribution >= 4 is 11.8 Å². The van der Waals surface area contributed by atoms with Crippen molar-refractivity contribution in [2.45, 2.75) is 11.4 Å². The topological polar surface area (TPSA) is 35.2 Å².